The zero-order valence-corrected chi connectivity index (χ0v) is 8.00. The van der Waals surface area contributed by atoms with Crippen LogP contribution in [0, 0.1) is 17.3 Å². The number of hydrogen-bond acceptors (Lipinski definition) is 2. The quantitative estimate of drug-likeness (QED) is 0.623. The van der Waals surface area contributed by atoms with Crippen molar-refractivity contribution in [1.29, 1.82) is 0 Å². The Hall–Kier alpha value is -1.19. The van der Waals surface area contributed by atoms with E-state index in [1.54, 1.807) is 0 Å². The summed E-state index contributed by atoms with van der Waals surface area (Å²) in [6.07, 6.45) is 3.08. The lowest BCUT2D eigenvalue weighted by molar-refractivity contribution is -0.146. The molecule has 2 aliphatic carbocycles. The second-order valence-corrected chi connectivity index (χ2v) is 4.49. The molecule has 3 atom stereocenters. The molecule has 15 heavy (non-hydrogen) atoms. The van der Waals surface area contributed by atoms with E-state index in [0.717, 1.165) is 6.08 Å². The molecule has 1 unspecified atom stereocenters. The lowest BCUT2D eigenvalue weighted by Gasteiger charge is -2.21. The number of cyclic esters (lactones) is 1. The van der Waals surface area contributed by atoms with E-state index in [4.69, 9.17) is 4.74 Å². The summed E-state index contributed by atoms with van der Waals surface area (Å²) in [7, 11) is 0. The second kappa shape index (κ2) is 2.68. The fourth-order valence-corrected chi connectivity index (χ4v) is 2.77. The van der Waals surface area contributed by atoms with Crippen molar-refractivity contribution < 1.29 is 18.3 Å². The maximum atomic E-state index is 13.1. The molecule has 0 spiro atoms. The molecule has 80 valence electrons. The third kappa shape index (κ3) is 1.10. The first-order valence-electron chi connectivity index (χ1n) is 5.03. The molecule has 1 heterocycles. The van der Waals surface area contributed by atoms with E-state index in [2.05, 4.69) is 0 Å². The number of carbonyl (C=O) groups excluding carboxylic acids is 1. The van der Waals surface area contributed by atoms with Gasteiger partial charge < -0.3 is 4.74 Å². The van der Waals surface area contributed by atoms with Crippen LogP contribution in [0.25, 0.3) is 0 Å². The molecule has 1 saturated carbocycles. The maximum Gasteiger partial charge on any atom is 0.313 e. The molecule has 2 fully saturated rings. The summed E-state index contributed by atoms with van der Waals surface area (Å²) >= 11 is 0. The van der Waals surface area contributed by atoms with Gasteiger partial charge in [0.25, 0.3) is 0 Å². The van der Waals surface area contributed by atoms with Crippen LogP contribution in [0.5, 0.6) is 0 Å². The Labute approximate surface area is 85.6 Å². The highest BCUT2D eigenvalue weighted by molar-refractivity contribution is 5.84. The fourth-order valence-electron chi connectivity index (χ4n) is 2.77. The summed E-state index contributed by atoms with van der Waals surface area (Å²) in [4.78, 5) is 11.5. The van der Waals surface area contributed by atoms with E-state index < -0.39 is 17.1 Å². The molecule has 0 aromatic heterocycles. The summed E-state index contributed by atoms with van der Waals surface area (Å²) in [5.41, 5.74) is -0.608. The van der Waals surface area contributed by atoms with Crippen LogP contribution < -0.4 is 0 Å². The monoisotopic (exact) mass is 212 g/mol. The number of allylic oxidation sites excluding steroid dienone is 4. The van der Waals surface area contributed by atoms with Crippen LogP contribution in [0.4, 0.5) is 8.78 Å². The Morgan fingerprint density at radius 1 is 1.47 bits per heavy atom. The predicted octanol–water partition coefficient (Wildman–Crippen LogP) is 2.28. The third-order valence-corrected chi connectivity index (χ3v) is 3.68. The van der Waals surface area contributed by atoms with Gasteiger partial charge in [0.1, 0.15) is 11.7 Å². The summed E-state index contributed by atoms with van der Waals surface area (Å²) in [6, 6.07) is 0. The van der Waals surface area contributed by atoms with Crippen molar-refractivity contribution in [3.8, 4) is 0 Å². The van der Waals surface area contributed by atoms with E-state index in [9.17, 15) is 13.6 Å². The number of fused-ring (bicyclic) bond motifs is 1. The molecule has 1 aliphatic heterocycles. The molecule has 4 heteroatoms. The molecule has 3 rings (SSSR count). The van der Waals surface area contributed by atoms with Crippen molar-refractivity contribution >= 4 is 5.97 Å². The van der Waals surface area contributed by atoms with Crippen molar-refractivity contribution in [2.45, 2.75) is 12.8 Å². The van der Waals surface area contributed by atoms with E-state index >= 15 is 0 Å². The first-order valence-corrected chi connectivity index (χ1v) is 5.03. The molecule has 1 saturated heterocycles. The topological polar surface area (TPSA) is 26.3 Å². The highest BCUT2D eigenvalue weighted by atomic mass is 19.1. The van der Waals surface area contributed by atoms with Gasteiger partial charge >= 0.3 is 5.97 Å². The Balaban J connectivity index is 1.91. The number of esters is 1. The molecule has 0 N–H and O–H groups in total. The van der Waals surface area contributed by atoms with Gasteiger partial charge in [-0.05, 0) is 12.5 Å². The lowest BCUT2D eigenvalue weighted by atomic mass is 9.82. The van der Waals surface area contributed by atoms with E-state index in [1.165, 1.54) is 6.08 Å². The lowest BCUT2D eigenvalue weighted by Crippen LogP contribution is -2.24. The van der Waals surface area contributed by atoms with Crippen molar-refractivity contribution in [3.63, 3.8) is 0 Å². The minimum Gasteiger partial charge on any atom is -0.465 e. The number of rotatable bonds is 1. The number of carbonyl (C=O) groups is 1. The van der Waals surface area contributed by atoms with Crippen molar-refractivity contribution in [3.05, 3.63) is 23.8 Å². The predicted molar refractivity (Wildman–Crippen MR) is 48.0 cm³/mol. The Kier molecular flexibility index (Phi) is 1.62. The van der Waals surface area contributed by atoms with Crippen LogP contribution in [0.2, 0.25) is 0 Å². The molecule has 0 amide bonds. The first kappa shape index (κ1) is 9.07. The van der Waals surface area contributed by atoms with E-state index in [1.807, 2.05) is 0 Å². The Morgan fingerprint density at radius 3 is 2.80 bits per heavy atom. The Bertz CT molecular complexity index is 399. The van der Waals surface area contributed by atoms with Crippen molar-refractivity contribution in [2.24, 2.45) is 17.3 Å². The molecular weight excluding hydrogens is 202 g/mol. The molecule has 0 aromatic rings. The number of ether oxygens (including phenoxy) is 1. The van der Waals surface area contributed by atoms with Crippen molar-refractivity contribution in [2.75, 3.05) is 6.61 Å². The number of halogens is 2. The first-order chi connectivity index (χ1) is 7.13. The number of hydrogen-bond donors (Lipinski definition) is 0. The van der Waals surface area contributed by atoms with Crippen LogP contribution in [-0.2, 0) is 9.53 Å². The van der Waals surface area contributed by atoms with Gasteiger partial charge in [0.2, 0.25) is 0 Å². The summed E-state index contributed by atoms with van der Waals surface area (Å²) < 4.78 is 31.0. The smallest absolute Gasteiger partial charge is 0.313 e. The second-order valence-electron chi connectivity index (χ2n) is 4.49. The summed E-state index contributed by atoms with van der Waals surface area (Å²) in [6.45, 7) is 0.413. The molecule has 2 nitrogen and oxygen atoms in total. The Morgan fingerprint density at radius 2 is 2.27 bits per heavy atom. The molecule has 0 bridgehead atoms. The summed E-state index contributed by atoms with van der Waals surface area (Å²) in [5, 5.41) is 0. The van der Waals surface area contributed by atoms with Crippen LogP contribution in [-0.4, -0.2) is 12.6 Å². The summed E-state index contributed by atoms with van der Waals surface area (Å²) in [5.74, 6) is -1.54. The van der Waals surface area contributed by atoms with Crippen LogP contribution in [0.3, 0.4) is 0 Å². The maximum absolute atomic E-state index is 13.1. The van der Waals surface area contributed by atoms with Gasteiger partial charge in [-0.3, -0.25) is 4.79 Å². The highest BCUT2D eigenvalue weighted by Crippen LogP contribution is 2.64. The van der Waals surface area contributed by atoms with Crippen LogP contribution in [0.15, 0.2) is 23.8 Å². The molecule has 0 radical (unpaired) electrons. The highest BCUT2D eigenvalue weighted by Gasteiger charge is 2.69. The SMILES string of the molecule is O=C1OC[C@@H]2C[C@]12C1C=C(F)C=C(F)C1. The average molecular weight is 212 g/mol. The van der Waals surface area contributed by atoms with Crippen LogP contribution >= 0.6 is 0 Å². The molecule has 0 aromatic carbocycles. The van der Waals surface area contributed by atoms with Crippen LogP contribution in [0.1, 0.15) is 12.8 Å². The van der Waals surface area contributed by atoms with Gasteiger partial charge in [-0.1, -0.05) is 0 Å². The van der Waals surface area contributed by atoms with E-state index in [0.29, 0.717) is 13.0 Å². The molecule has 3 aliphatic rings. The zero-order chi connectivity index (χ0) is 10.6. The van der Waals surface area contributed by atoms with Gasteiger partial charge in [0, 0.05) is 24.3 Å². The molecular formula is C11H10F2O2. The van der Waals surface area contributed by atoms with Gasteiger partial charge in [0.05, 0.1) is 12.0 Å². The van der Waals surface area contributed by atoms with Gasteiger partial charge in [-0.15, -0.1) is 0 Å². The van der Waals surface area contributed by atoms with Gasteiger partial charge in [-0.2, -0.15) is 0 Å². The minimum atomic E-state index is -0.608. The van der Waals surface area contributed by atoms with Gasteiger partial charge in [0.15, 0.2) is 0 Å². The standard InChI is InChI=1S/C11H10F2O2/c12-8-1-6(2-9(13)3-8)11-4-7(11)5-15-10(11)14/h1,3,6-7H,2,4-5H2/t6?,7-,11+/m0/s1. The van der Waals surface area contributed by atoms with Gasteiger partial charge in [-0.25, -0.2) is 8.78 Å². The minimum absolute atomic E-state index is 0.124. The van der Waals surface area contributed by atoms with E-state index in [-0.39, 0.29) is 24.2 Å². The largest absolute Gasteiger partial charge is 0.465 e. The average Bonchev–Trinajstić information content (AvgIpc) is 2.81. The van der Waals surface area contributed by atoms with Crippen molar-refractivity contribution in [1.82, 2.24) is 0 Å². The third-order valence-electron chi connectivity index (χ3n) is 3.68. The normalized spacial score (nSPS) is 42.9. The fraction of sp³-hybridized carbons (Fsp3) is 0.545. The zero-order valence-electron chi connectivity index (χ0n) is 8.00.